The number of pyridine rings is 1. The Balaban J connectivity index is 2.60. The smallest absolute Gasteiger partial charge is 0.129 e. The second-order valence-corrected chi connectivity index (χ2v) is 3.39. The van der Waals surface area contributed by atoms with Gasteiger partial charge in [-0.15, -0.1) is 0 Å². The predicted molar refractivity (Wildman–Crippen MR) is 59.4 cm³/mol. The van der Waals surface area contributed by atoms with Crippen molar-refractivity contribution < 1.29 is 0 Å². The third-order valence-corrected chi connectivity index (χ3v) is 2.25. The lowest BCUT2D eigenvalue weighted by atomic mass is 10.1. The summed E-state index contributed by atoms with van der Waals surface area (Å²) < 4.78 is 0. The lowest BCUT2D eigenvalue weighted by Gasteiger charge is -2.02. The molecule has 0 aliphatic rings. The van der Waals surface area contributed by atoms with Gasteiger partial charge in [0.05, 0.1) is 17.3 Å². The number of hydrogen-bond acceptors (Lipinski definition) is 2. The van der Waals surface area contributed by atoms with E-state index in [1.807, 2.05) is 30.3 Å². The van der Waals surface area contributed by atoms with Gasteiger partial charge in [-0.3, -0.25) is 0 Å². The van der Waals surface area contributed by atoms with E-state index in [4.69, 9.17) is 16.9 Å². The average Bonchev–Trinajstić information content (AvgIpc) is 2.29. The molecular weight excluding hydrogens is 208 g/mol. The minimum Gasteiger partial charge on any atom is -0.236 e. The van der Waals surface area contributed by atoms with Gasteiger partial charge in [-0.1, -0.05) is 35.9 Å². The van der Waals surface area contributed by atoms with Crippen LogP contribution >= 0.6 is 11.6 Å². The van der Waals surface area contributed by atoms with Crippen molar-refractivity contribution in [3.05, 3.63) is 53.2 Å². The highest BCUT2D eigenvalue weighted by Gasteiger charge is 2.04. The van der Waals surface area contributed by atoms with Gasteiger partial charge in [0.25, 0.3) is 0 Å². The highest BCUT2D eigenvalue weighted by molar-refractivity contribution is 6.29. The van der Waals surface area contributed by atoms with E-state index in [0.717, 1.165) is 11.3 Å². The molecule has 0 atom stereocenters. The predicted octanol–water partition coefficient (Wildman–Crippen LogP) is 3.27. The zero-order valence-corrected chi connectivity index (χ0v) is 8.57. The van der Waals surface area contributed by atoms with Gasteiger partial charge in [-0.2, -0.15) is 5.26 Å². The molecule has 0 spiro atoms. The first-order valence-electron chi connectivity index (χ1n) is 4.43. The van der Waals surface area contributed by atoms with Crippen molar-refractivity contribution in [1.82, 2.24) is 4.98 Å². The van der Waals surface area contributed by atoms with Crippen LogP contribution < -0.4 is 0 Å². The van der Waals surface area contributed by atoms with Gasteiger partial charge in [0.2, 0.25) is 0 Å². The summed E-state index contributed by atoms with van der Waals surface area (Å²) >= 11 is 5.80. The molecule has 2 rings (SSSR count). The molecule has 0 fully saturated rings. The van der Waals surface area contributed by atoms with Crippen molar-refractivity contribution in [2.75, 3.05) is 0 Å². The molecule has 0 unspecified atom stereocenters. The van der Waals surface area contributed by atoms with Gasteiger partial charge in [-0.25, -0.2) is 4.98 Å². The Hall–Kier alpha value is -1.85. The minimum absolute atomic E-state index is 0.431. The van der Waals surface area contributed by atoms with E-state index in [1.165, 1.54) is 0 Å². The zero-order valence-electron chi connectivity index (χ0n) is 7.81. The Morgan fingerprint density at radius 1 is 1.07 bits per heavy atom. The van der Waals surface area contributed by atoms with Crippen LogP contribution in [0, 0.1) is 11.3 Å². The van der Waals surface area contributed by atoms with Gasteiger partial charge in [0.1, 0.15) is 5.15 Å². The van der Waals surface area contributed by atoms with Crippen LogP contribution in [0.1, 0.15) is 5.56 Å². The summed E-state index contributed by atoms with van der Waals surface area (Å²) in [5.74, 6) is 0. The van der Waals surface area contributed by atoms with Crippen molar-refractivity contribution in [3.63, 3.8) is 0 Å². The van der Waals surface area contributed by atoms with E-state index in [0.29, 0.717) is 10.7 Å². The monoisotopic (exact) mass is 214 g/mol. The van der Waals surface area contributed by atoms with Gasteiger partial charge >= 0.3 is 0 Å². The summed E-state index contributed by atoms with van der Waals surface area (Å²) in [4.78, 5) is 4.17. The van der Waals surface area contributed by atoms with Crippen molar-refractivity contribution in [2.24, 2.45) is 0 Å². The summed E-state index contributed by atoms with van der Waals surface area (Å²) in [5.41, 5.74) is 2.13. The summed E-state index contributed by atoms with van der Waals surface area (Å²) in [6.07, 6.45) is 0. The molecule has 0 saturated carbocycles. The Morgan fingerprint density at radius 2 is 1.87 bits per heavy atom. The highest BCUT2D eigenvalue weighted by Crippen LogP contribution is 2.22. The van der Waals surface area contributed by atoms with E-state index in [1.54, 1.807) is 12.1 Å². The van der Waals surface area contributed by atoms with E-state index in [-0.39, 0.29) is 0 Å². The van der Waals surface area contributed by atoms with Crippen LogP contribution in [-0.4, -0.2) is 4.98 Å². The van der Waals surface area contributed by atoms with Crippen LogP contribution in [0.5, 0.6) is 0 Å². The summed E-state index contributed by atoms with van der Waals surface area (Å²) in [6, 6.07) is 14.8. The number of halogens is 1. The Kier molecular flexibility index (Phi) is 2.66. The number of rotatable bonds is 1. The number of hydrogen-bond donors (Lipinski definition) is 0. The summed E-state index contributed by atoms with van der Waals surface area (Å²) in [6.45, 7) is 0. The fourth-order valence-corrected chi connectivity index (χ4v) is 1.53. The maximum Gasteiger partial charge on any atom is 0.129 e. The third-order valence-electron chi connectivity index (χ3n) is 2.04. The van der Waals surface area contributed by atoms with Gasteiger partial charge < -0.3 is 0 Å². The second kappa shape index (κ2) is 4.12. The molecule has 0 aliphatic carbocycles. The lowest BCUT2D eigenvalue weighted by Crippen LogP contribution is -1.87. The first-order valence-corrected chi connectivity index (χ1v) is 4.81. The van der Waals surface area contributed by atoms with Gasteiger partial charge in [-0.05, 0) is 18.2 Å². The van der Waals surface area contributed by atoms with Crippen LogP contribution in [0.15, 0.2) is 42.5 Å². The average molecular weight is 215 g/mol. The van der Waals surface area contributed by atoms with Crippen LogP contribution in [-0.2, 0) is 0 Å². The van der Waals surface area contributed by atoms with Gasteiger partial charge in [0.15, 0.2) is 0 Å². The Bertz CT molecular complexity index is 529. The molecule has 0 bridgehead atoms. The molecule has 1 aromatic heterocycles. The molecule has 2 nitrogen and oxygen atoms in total. The van der Waals surface area contributed by atoms with Crippen LogP contribution in [0.25, 0.3) is 11.3 Å². The topological polar surface area (TPSA) is 36.7 Å². The minimum atomic E-state index is 0.431. The largest absolute Gasteiger partial charge is 0.236 e. The van der Waals surface area contributed by atoms with Crippen molar-refractivity contribution in [3.8, 4) is 17.3 Å². The maximum absolute atomic E-state index is 8.94. The molecule has 3 heteroatoms. The molecule has 0 saturated heterocycles. The first kappa shape index (κ1) is 9.70. The SMILES string of the molecule is N#Cc1ccccc1-c1cccc(Cl)n1. The Morgan fingerprint density at radius 3 is 2.60 bits per heavy atom. The number of aromatic nitrogens is 1. The summed E-state index contributed by atoms with van der Waals surface area (Å²) in [5, 5.41) is 9.37. The van der Waals surface area contributed by atoms with Crippen molar-refractivity contribution in [1.29, 1.82) is 5.26 Å². The van der Waals surface area contributed by atoms with E-state index >= 15 is 0 Å². The normalized spacial score (nSPS) is 9.60. The summed E-state index contributed by atoms with van der Waals surface area (Å²) in [7, 11) is 0. The van der Waals surface area contributed by atoms with E-state index in [9.17, 15) is 0 Å². The quantitative estimate of drug-likeness (QED) is 0.683. The van der Waals surface area contributed by atoms with Gasteiger partial charge in [0, 0.05) is 5.56 Å². The molecule has 0 aliphatic heterocycles. The van der Waals surface area contributed by atoms with Crippen molar-refractivity contribution >= 4 is 11.6 Å². The fraction of sp³-hybridized carbons (Fsp3) is 0. The highest BCUT2D eigenvalue weighted by atomic mass is 35.5. The molecule has 1 aromatic carbocycles. The molecule has 0 N–H and O–H groups in total. The van der Waals surface area contributed by atoms with Crippen LogP contribution in [0.2, 0.25) is 5.15 Å². The molecule has 15 heavy (non-hydrogen) atoms. The lowest BCUT2D eigenvalue weighted by molar-refractivity contribution is 1.32. The van der Waals surface area contributed by atoms with Crippen LogP contribution in [0.4, 0.5) is 0 Å². The first-order chi connectivity index (χ1) is 7.31. The standard InChI is InChI=1S/C12H7ClN2/c13-12-7-3-6-11(15-12)10-5-2-1-4-9(10)8-14/h1-7H. The second-order valence-electron chi connectivity index (χ2n) is 3.00. The molecule has 0 radical (unpaired) electrons. The number of benzene rings is 1. The molecular formula is C12H7ClN2. The maximum atomic E-state index is 8.94. The fourth-order valence-electron chi connectivity index (χ4n) is 1.36. The van der Waals surface area contributed by atoms with Crippen molar-refractivity contribution in [2.45, 2.75) is 0 Å². The number of nitriles is 1. The van der Waals surface area contributed by atoms with E-state index in [2.05, 4.69) is 11.1 Å². The molecule has 2 aromatic rings. The van der Waals surface area contributed by atoms with Crippen LogP contribution in [0.3, 0.4) is 0 Å². The zero-order chi connectivity index (χ0) is 10.7. The van der Waals surface area contributed by atoms with E-state index < -0.39 is 0 Å². The number of nitrogens with zero attached hydrogens (tertiary/aromatic N) is 2. The molecule has 0 amide bonds. The third kappa shape index (κ3) is 1.98. The molecule has 72 valence electrons. The Labute approximate surface area is 92.8 Å². The molecule has 1 heterocycles.